The van der Waals surface area contributed by atoms with Gasteiger partial charge in [-0.25, -0.2) is 0 Å². The van der Waals surface area contributed by atoms with Crippen LogP contribution in [0, 0.1) is 0 Å². The second-order valence-electron chi connectivity index (χ2n) is 4.60. The van der Waals surface area contributed by atoms with Crippen molar-refractivity contribution in [2.45, 2.75) is 26.4 Å². The maximum atomic E-state index is 5.62. The Balaban J connectivity index is 2.35. The lowest BCUT2D eigenvalue weighted by Crippen LogP contribution is -2.26. The standard InChI is InChI=1S/C13H25N3O/c1-4-16(9-5-8-15(2)3)11-13-7-6-12(10-14)17-13/h6-7H,4-5,8-11,14H2,1-3H3. The Morgan fingerprint density at radius 3 is 2.41 bits per heavy atom. The van der Waals surface area contributed by atoms with Crippen molar-refractivity contribution in [3.05, 3.63) is 23.7 Å². The Kier molecular flexibility index (Phi) is 6.26. The summed E-state index contributed by atoms with van der Waals surface area (Å²) in [7, 11) is 4.21. The van der Waals surface area contributed by atoms with Crippen LogP contribution in [0.25, 0.3) is 0 Å². The quantitative estimate of drug-likeness (QED) is 0.747. The Morgan fingerprint density at radius 1 is 1.18 bits per heavy atom. The van der Waals surface area contributed by atoms with Crippen molar-refractivity contribution in [1.29, 1.82) is 0 Å². The Labute approximate surface area is 104 Å². The summed E-state index contributed by atoms with van der Waals surface area (Å²) in [6.07, 6.45) is 1.19. The van der Waals surface area contributed by atoms with Gasteiger partial charge in [-0.05, 0) is 52.3 Å². The van der Waals surface area contributed by atoms with Crippen molar-refractivity contribution in [1.82, 2.24) is 9.80 Å². The van der Waals surface area contributed by atoms with Crippen molar-refractivity contribution in [2.24, 2.45) is 5.73 Å². The second kappa shape index (κ2) is 7.48. The molecule has 0 saturated heterocycles. The van der Waals surface area contributed by atoms with Gasteiger partial charge in [0.15, 0.2) is 0 Å². The van der Waals surface area contributed by atoms with Gasteiger partial charge < -0.3 is 15.1 Å². The third-order valence-electron chi connectivity index (χ3n) is 2.82. The summed E-state index contributed by atoms with van der Waals surface area (Å²) in [6, 6.07) is 3.99. The summed E-state index contributed by atoms with van der Waals surface area (Å²) in [4.78, 5) is 4.61. The van der Waals surface area contributed by atoms with Crippen LogP contribution < -0.4 is 5.73 Å². The zero-order valence-electron chi connectivity index (χ0n) is 11.3. The summed E-state index contributed by atoms with van der Waals surface area (Å²) in [6.45, 7) is 6.82. The van der Waals surface area contributed by atoms with E-state index in [-0.39, 0.29) is 0 Å². The number of nitrogens with two attached hydrogens (primary N) is 1. The molecule has 0 aliphatic carbocycles. The molecular formula is C13H25N3O. The van der Waals surface area contributed by atoms with Gasteiger partial charge in [0, 0.05) is 0 Å². The summed E-state index contributed by atoms with van der Waals surface area (Å²) in [5.74, 6) is 1.88. The molecule has 0 radical (unpaired) electrons. The van der Waals surface area contributed by atoms with Gasteiger partial charge in [0.25, 0.3) is 0 Å². The largest absolute Gasteiger partial charge is 0.463 e. The molecular weight excluding hydrogens is 214 g/mol. The van der Waals surface area contributed by atoms with Crippen LogP contribution in [-0.2, 0) is 13.1 Å². The highest BCUT2D eigenvalue weighted by atomic mass is 16.3. The fourth-order valence-corrected chi connectivity index (χ4v) is 1.80. The molecule has 0 atom stereocenters. The number of rotatable bonds is 8. The number of nitrogens with zero attached hydrogens (tertiary/aromatic N) is 2. The molecule has 0 aliphatic heterocycles. The minimum atomic E-state index is 0.479. The van der Waals surface area contributed by atoms with Crippen molar-refractivity contribution in [3.8, 4) is 0 Å². The molecule has 17 heavy (non-hydrogen) atoms. The molecule has 0 amide bonds. The molecule has 1 rings (SSSR count). The minimum absolute atomic E-state index is 0.479. The molecule has 0 saturated carbocycles. The molecule has 1 aromatic heterocycles. The molecule has 2 N–H and O–H groups in total. The fourth-order valence-electron chi connectivity index (χ4n) is 1.80. The number of furan rings is 1. The van der Waals surface area contributed by atoms with Crippen molar-refractivity contribution >= 4 is 0 Å². The maximum Gasteiger partial charge on any atom is 0.118 e. The maximum absolute atomic E-state index is 5.62. The zero-order chi connectivity index (χ0) is 12.7. The third-order valence-corrected chi connectivity index (χ3v) is 2.82. The van der Waals surface area contributed by atoms with Gasteiger partial charge >= 0.3 is 0 Å². The number of hydrogen-bond acceptors (Lipinski definition) is 4. The van der Waals surface area contributed by atoms with E-state index >= 15 is 0 Å². The van der Waals surface area contributed by atoms with Crippen LogP contribution in [-0.4, -0.2) is 43.5 Å². The predicted octanol–water partition coefficient (Wildman–Crippen LogP) is 1.51. The molecule has 0 aromatic carbocycles. The van der Waals surface area contributed by atoms with Crippen LogP contribution in [0.4, 0.5) is 0 Å². The van der Waals surface area contributed by atoms with Gasteiger partial charge in [-0.3, -0.25) is 4.90 Å². The smallest absolute Gasteiger partial charge is 0.118 e. The molecule has 0 unspecified atom stereocenters. The SMILES string of the molecule is CCN(CCCN(C)C)Cc1ccc(CN)o1. The Bertz CT molecular complexity index is 309. The lowest BCUT2D eigenvalue weighted by Gasteiger charge is -2.20. The normalized spacial score (nSPS) is 11.6. The van der Waals surface area contributed by atoms with Gasteiger partial charge in [0.05, 0.1) is 13.1 Å². The second-order valence-corrected chi connectivity index (χ2v) is 4.60. The highest BCUT2D eigenvalue weighted by Crippen LogP contribution is 2.10. The van der Waals surface area contributed by atoms with Crippen LogP contribution in [0.2, 0.25) is 0 Å². The number of hydrogen-bond donors (Lipinski definition) is 1. The van der Waals surface area contributed by atoms with Crippen LogP contribution in [0.1, 0.15) is 24.9 Å². The van der Waals surface area contributed by atoms with Gasteiger partial charge in [-0.2, -0.15) is 0 Å². The first-order valence-electron chi connectivity index (χ1n) is 6.30. The van der Waals surface area contributed by atoms with Crippen LogP contribution in [0.3, 0.4) is 0 Å². The fraction of sp³-hybridized carbons (Fsp3) is 0.692. The monoisotopic (exact) mass is 239 g/mol. The highest BCUT2D eigenvalue weighted by Gasteiger charge is 2.07. The summed E-state index contributed by atoms with van der Waals surface area (Å²) in [5.41, 5.74) is 5.53. The van der Waals surface area contributed by atoms with E-state index in [0.717, 1.165) is 37.7 Å². The summed E-state index contributed by atoms with van der Waals surface area (Å²) >= 11 is 0. The van der Waals surface area contributed by atoms with E-state index in [1.54, 1.807) is 0 Å². The first kappa shape index (κ1) is 14.2. The molecule has 0 bridgehead atoms. The molecule has 0 fully saturated rings. The summed E-state index contributed by atoms with van der Waals surface area (Å²) < 4.78 is 5.62. The van der Waals surface area contributed by atoms with E-state index in [0.29, 0.717) is 6.54 Å². The first-order valence-corrected chi connectivity index (χ1v) is 6.30. The Hall–Kier alpha value is -0.840. The van der Waals surface area contributed by atoms with E-state index in [1.807, 2.05) is 12.1 Å². The van der Waals surface area contributed by atoms with E-state index in [9.17, 15) is 0 Å². The third kappa shape index (κ3) is 5.35. The van der Waals surface area contributed by atoms with E-state index < -0.39 is 0 Å². The van der Waals surface area contributed by atoms with Crippen LogP contribution in [0.15, 0.2) is 16.5 Å². The van der Waals surface area contributed by atoms with Gasteiger partial charge in [0.1, 0.15) is 11.5 Å². The van der Waals surface area contributed by atoms with E-state index in [1.165, 1.54) is 6.42 Å². The van der Waals surface area contributed by atoms with Crippen LogP contribution in [0.5, 0.6) is 0 Å². The summed E-state index contributed by atoms with van der Waals surface area (Å²) in [5, 5.41) is 0. The lowest BCUT2D eigenvalue weighted by atomic mass is 10.3. The molecule has 0 aliphatic rings. The molecule has 98 valence electrons. The first-order chi connectivity index (χ1) is 8.15. The highest BCUT2D eigenvalue weighted by molar-refractivity contribution is 5.06. The predicted molar refractivity (Wildman–Crippen MR) is 70.7 cm³/mol. The van der Waals surface area contributed by atoms with Gasteiger partial charge in [0.2, 0.25) is 0 Å². The van der Waals surface area contributed by atoms with Crippen molar-refractivity contribution in [3.63, 3.8) is 0 Å². The van der Waals surface area contributed by atoms with Crippen molar-refractivity contribution < 1.29 is 4.42 Å². The Morgan fingerprint density at radius 2 is 1.88 bits per heavy atom. The zero-order valence-corrected chi connectivity index (χ0v) is 11.3. The van der Waals surface area contributed by atoms with E-state index in [4.69, 9.17) is 10.2 Å². The van der Waals surface area contributed by atoms with Crippen molar-refractivity contribution in [2.75, 3.05) is 33.7 Å². The minimum Gasteiger partial charge on any atom is -0.463 e. The van der Waals surface area contributed by atoms with Gasteiger partial charge in [-0.15, -0.1) is 0 Å². The van der Waals surface area contributed by atoms with Gasteiger partial charge in [-0.1, -0.05) is 6.92 Å². The average Bonchev–Trinajstić information content (AvgIpc) is 2.75. The average molecular weight is 239 g/mol. The molecule has 1 aromatic rings. The molecule has 4 heteroatoms. The lowest BCUT2D eigenvalue weighted by molar-refractivity contribution is 0.238. The molecule has 0 spiro atoms. The topological polar surface area (TPSA) is 45.6 Å². The molecule has 1 heterocycles. The van der Waals surface area contributed by atoms with Crippen LogP contribution >= 0.6 is 0 Å². The van der Waals surface area contributed by atoms with E-state index in [2.05, 4.69) is 30.8 Å². The molecule has 4 nitrogen and oxygen atoms in total.